The molecule has 0 spiro atoms. The van der Waals surface area contributed by atoms with Crippen molar-refractivity contribution in [2.45, 2.75) is 51.2 Å². The largest absolute Gasteiger partial charge is 0.493 e. The number of rotatable bonds is 7. The van der Waals surface area contributed by atoms with Gasteiger partial charge in [0.1, 0.15) is 0 Å². The number of nitrogens with one attached hydrogen (secondary N) is 2. The average Bonchev–Trinajstić information content (AvgIpc) is 3.42. The van der Waals surface area contributed by atoms with Crippen LogP contribution in [-0.2, 0) is 6.54 Å². The zero-order chi connectivity index (χ0) is 20.2. The summed E-state index contributed by atoms with van der Waals surface area (Å²) in [5.74, 6) is 0.712. The molecule has 0 unspecified atom stereocenters. The molecule has 0 radical (unpaired) electrons. The van der Waals surface area contributed by atoms with E-state index in [2.05, 4.69) is 10.6 Å². The third kappa shape index (κ3) is 4.30. The molecular weight excluding hydrogens is 364 g/mol. The molecule has 29 heavy (non-hydrogen) atoms. The van der Waals surface area contributed by atoms with Crippen molar-refractivity contribution in [3.8, 4) is 5.75 Å². The molecule has 5 nitrogen and oxygen atoms in total. The van der Waals surface area contributed by atoms with Gasteiger partial charge in [-0.15, -0.1) is 0 Å². The predicted octanol–water partition coefficient (Wildman–Crippen LogP) is 4.96. The van der Waals surface area contributed by atoms with Gasteiger partial charge in [-0.2, -0.15) is 0 Å². The van der Waals surface area contributed by atoms with Gasteiger partial charge in [0.05, 0.1) is 13.2 Å². The van der Waals surface area contributed by atoms with Crippen molar-refractivity contribution in [3.05, 3.63) is 65.4 Å². The summed E-state index contributed by atoms with van der Waals surface area (Å²) in [6, 6.07) is 16.1. The van der Waals surface area contributed by atoms with Gasteiger partial charge in [0.25, 0.3) is 5.91 Å². The van der Waals surface area contributed by atoms with Crippen LogP contribution >= 0.6 is 0 Å². The Labute approximate surface area is 171 Å². The second-order valence-electron chi connectivity index (χ2n) is 7.75. The van der Waals surface area contributed by atoms with Crippen molar-refractivity contribution in [2.75, 3.05) is 7.11 Å². The van der Waals surface area contributed by atoms with Crippen LogP contribution in [0.2, 0.25) is 0 Å². The number of ether oxygens (including phenoxy) is 1. The summed E-state index contributed by atoms with van der Waals surface area (Å²) in [7, 11) is 1.62. The molecule has 2 N–H and O–H groups in total. The molecule has 1 atom stereocenters. The number of furan rings is 1. The van der Waals surface area contributed by atoms with Crippen molar-refractivity contribution in [2.24, 2.45) is 0 Å². The van der Waals surface area contributed by atoms with E-state index in [0.29, 0.717) is 23.1 Å². The molecule has 2 aromatic carbocycles. The summed E-state index contributed by atoms with van der Waals surface area (Å²) in [6.45, 7) is 2.72. The molecular formula is C24H28N2O3. The zero-order valence-electron chi connectivity index (χ0n) is 17.0. The molecule has 0 bridgehead atoms. The van der Waals surface area contributed by atoms with Gasteiger partial charge in [-0.1, -0.05) is 49.2 Å². The molecule has 4 rings (SSSR count). The third-order valence-electron chi connectivity index (χ3n) is 5.76. The van der Waals surface area contributed by atoms with Crippen LogP contribution < -0.4 is 15.4 Å². The van der Waals surface area contributed by atoms with Gasteiger partial charge in [-0.3, -0.25) is 4.79 Å². The minimum Gasteiger partial charge on any atom is -0.493 e. The Bertz CT molecular complexity index is 974. The van der Waals surface area contributed by atoms with Crippen molar-refractivity contribution in [1.29, 1.82) is 0 Å². The first-order valence-electron chi connectivity index (χ1n) is 10.3. The van der Waals surface area contributed by atoms with Crippen molar-refractivity contribution in [1.82, 2.24) is 10.6 Å². The molecule has 0 aliphatic heterocycles. The normalized spacial score (nSPS) is 15.5. The second-order valence-corrected chi connectivity index (χ2v) is 7.75. The summed E-state index contributed by atoms with van der Waals surface area (Å²) < 4.78 is 11.4. The number of methoxy groups -OCH3 is 1. The fraction of sp³-hybridized carbons (Fsp3) is 0.375. The lowest BCUT2D eigenvalue weighted by atomic mass is 10.1. The number of fused-ring (bicyclic) bond motifs is 1. The smallest absolute Gasteiger partial charge is 0.287 e. The van der Waals surface area contributed by atoms with E-state index in [1.165, 1.54) is 25.7 Å². The number of hydrogen-bond acceptors (Lipinski definition) is 4. The topological polar surface area (TPSA) is 63.5 Å². The van der Waals surface area contributed by atoms with Crippen LogP contribution in [0.5, 0.6) is 5.75 Å². The van der Waals surface area contributed by atoms with E-state index in [-0.39, 0.29) is 11.9 Å². The number of benzene rings is 2. The fourth-order valence-electron chi connectivity index (χ4n) is 4.06. The minimum atomic E-state index is -0.227. The molecule has 1 amide bonds. The van der Waals surface area contributed by atoms with Crippen LogP contribution in [0.3, 0.4) is 0 Å². The minimum absolute atomic E-state index is 0.109. The first-order valence-corrected chi connectivity index (χ1v) is 10.3. The summed E-state index contributed by atoms with van der Waals surface area (Å²) in [5.41, 5.74) is 2.79. The summed E-state index contributed by atoms with van der Waals surface area (Å²) >= 11 is 0. The van der Waals surface area contributed by atoms with Crippen molar-refractivity contribution >= 4 is 16.9 Å². The highest BCUT2D eigenvalue weighted by atomic mass is 16.5. The number of carbonyl (C=O) groups is 1. The van der Waals surface area contributed by atoms with E-state index in [9.17, 15) is 4.79 Å². The van der Waals surface area contributed by atoms with Gasteiger partial charge in [0.2, 0.25) is 0 Å². The molecule has 152 valence electrons. The fourth-order valence-corrected chi connectivity index (χ4v) is 4.06. The highest BCUT2D eigenvalue weighted by Gasteiger charge is 2.20. The van der Waals surface area contributed by atoms with Crippen LogP contribution in [0, 0.1) is 0 Å². The first kappa shape index (κ1) is 19.5. The number of amides is 1. The highest BCUT2D eigenvalue weighted by Crippen LogP contribution is 2.32. The molecule has 3 aromatic rings. The van der Waals surface area contributed by atoms with Gasteiger partial charge < -0.3 is 19.8 Å². The lowest BCUT2D eigenvalue weighted by molar-refractivity contribution is 0.0914. The van der Waals surface area contributed by atoms with Crippen LogP contribution in [0.1, 0.15) is 60.3 Å². The van der Waals surface area contributed by atoms with Crippen LogP contribution in [0.15, 0.2) is 52.9 Å². The molecule has 0 saturated heterocycles. The molecule has 1 heterocycles. The molecule has 1 saturated carbocycles. The molecule has 1 aliphatic carbocycles. The standard InChI is InChI=1S/C24H28N2O3/c1-16(17-8-4-3-5-9-17)26-24(27)22-14-20-18(15-25-19-10-6-7-11-19)12-13-21(28-2)23(20)29-22/h3-5,8-9,12-14,16,19,25H,6-7,10-11,15H2,1-2H3,(H,26,27)/t16-/m0/s1. The maximum atomic E-state index is 12.8. The quantitative estimate of drug-likeness (QED) is 0.596. The lowest BCUT2D eigenvalue weighted by Gasteiger charge is -2.12. The Morgan fingerprint density at radius 1 is 1.17 bits per heavy atom. The molecule has 1 fully saturated rings. The van der Waals surface area contributed by atoms with E-state index in [0.717, 1.165) is 23.1 Å². The Morgan fingerprint density at radius 2 is 1.93 bits per heavy atom. The summed E-state index contributed by atoms with van der Waals surface area (Å²) in [5, 5.41) is 7.58. The Morgan fingerprint density at radius 3 is 2.66 bits per heavy atom. The van der Waals surface area contributed by atoms with Crippen LogP contribution in [0.4, 0.5) is 0 Å². The van der Waals surface area contributed by atoms with E-state index < -0.39 is 0 Å². The molecule has 1 aliphatic rings. The van der Waals surface area contributed by atoms with Gasteiger partial charge >= 0.3 is 0 Å². The van der Waals surface area contributed by atoms with Gasteiger partial charge in [-0.25, -0.2) is 0 Å². The van der Waals surface area contributed by atoms with E-state index in [1.54, 1.807) is 7.11 Å². The maximum absolute atomic E-state index is 12.8. The maximum Gasteiger partial charge on any atom is 0.287 e. The van der Waals surface area contributed by atoms with Crippen molar-refractivity contribution < 1.29 is 13.9 Å². The van der Waals surface area contributed by atoms with Gasteiger partial charge in [0.15, 0.2) is 17.1 Å². The average molecular weight is 392 g/mol. The summed E-state index contributed by atoms with van der Waals surface area (Å²) in [6.07, 6.45) is 5.06. The first-order chi connectivity index (χ1) is 14.2. The van der Waals surface area contributed by atoms with E-state index in [4.69, 9.17) is 9.15 Å². The highest BCUT2D eigenvalue weighted by molar-refractivity contribution is 5.98. The monoisotopic (exact) mass is 392 g/mol. The van der Waals surface area contributed by atoms with Crippen LogP contribution in [0.25, 0.3) is 11.0 Å². The third-order valence-corrected chi connectivity index (χ3v) is 5.76. The SMILES string of the molecule is COc1ccc(CNC2CCCC2)c2cc(C(=O)N[C@@H](C)c3ccccc3)oc12. The Hall–Kier alpha value is -2.79. The lowest BCUT2D eigenvalue weighted by Crippen LogP contribution is -2.26. The molecule has 5 heteroatoms. The predicted molar refractivity (Wildman–Crippen MR) is 114 cm³/mol. The molecule has 1 aromatic heterocycles. The van der Waals surface area contributed by atoms with E-state index in [1.807, 2.05) is 55.5 Å². The Kier molecular flexibility index (Phi) is 5.86. The second kappa shape index (κ2) is 8.70. The van der Waals surface area contributed by atoms with Gasteiger partial charge in [0, 0.05) is 18.0 Å². The number of carbonyl (C=O) groups excluding carboxylic acids is 1. The zero-order valence-corrected chi connectivity index (χ0v) is 17.0. The van der Waals surface area contributed by atoms with Gasteiger partial charge in [-0.05, 0) is 43.0 Å². The van der Waals surface area contributed by atoms with Crippen LogP contribution in [-0.4, -0.2) is 19.1 Å². The van der Waals surface area contributed by atoms with E-state index >= 15 is 0 Å². The Balaban J connectivity index is 1.56. The van der Waals surface area contributed by atoms with Crippen molar-refractivity contribution in [3.63, 3.8) is 0 Å². The summed E-state index contributed by atoms with van der Waals surface area (Å²) in [4.78, 5) is 12.8. The number of hydrogen-bond donors (Lipinski definition) is 2.